The summed E-state index contributed by atoms with van der Waals surface area (Å²) >= 11 is 0. The zero-order valence-electron chi connectivity index (χ0n) is 20.8. The molecule has 3 aliphatic rings. The van der Waals surface area contributed by atoms with Crippen molar-refractivity contribution in [1.82, 2.24) is 4.90 Å². The Balaban J connectivity index is 2.09. The van der Waals surface area contributed by atoms with Gasteiger partial charge in [0.25, 0.3) is 5.91 Å². The number of benzene rings is 1. The normalized spacial score (nSPS) is 29.8. The molecule has 1 aromatic rings. The van der Waals surface area contributed by atoms with Crippen LogP contribution in [0.1, 0.15) is 17.5 Å². The van der Waals surface area contributed by atoms with E-state index in [2.05, 4.69) is 0 Å². The minimum absolute atomic E-state index is 0.0352. The van der Waals surface area contributed by atoms with Gasteiger partial charge in [0.05, 0.1) is 23.8 Å². The predicted molar refractivity (Wildman–Crippen MR) is 129 cm³/mol. The van der Waals surface area contributed by atoms with Gasteiger partial charge in [-0.2, -0.15) is 0 Å². The second kappa shape index (κ2) is 8.32. The highest BCUT2D eigenvalue weighted by Crippen LogP contribution is 2.59. The number of primary amides is 1. The number of likely N-dealkylation sites (N-methyl/N-ethyl adjacent to an activating group) is 1. The van der Waals surface area contributed by atoms with E-state index in [1.54, 1.807) is 39.2 Å². The topological polar surface area (TPSA) is 174 Å². The number of hydrogen-bond acceptors (Lipinski definition) is 10. The second-order valence-electron chi connectivity index (χ2n) is 10.2. The molecular formula is C25H31N3O8. The van der Waals surface area contributed by atoms with Crippen molar-refractivity contribution >= 4 is 28.9 Å². The lowest BCUT2D eigenvalue weighted by Crippen LogP contribution is -2.68. The molecule has 0 saturated heterocycles. The van der Waals surface area contributed by atoms with Gasteiger partial charge in [-0.25, -0.2) is 0 Å². The highest BCUT2D eigenvalue weighted by molar-refractivity contribution is 6.24. The summed E-state index contributed by atoms with van der Waals surface area (Å²) in [5.41, 5.74) is 1.64. The fraction of sp³-hybridized carbons (Fsp3) is 0.480. The number of amides is 1. The number of phenolic OH excluding ortho intramolecular Hbond substituents is 1. The van der Waals surface area contributed by atoms with Gasteiger partial charge in [-0.15, -0.1) is 0 Å². The Morgan fingerprint density at radius 2 is 1.81 bits per heavy atom. The number of phenols is 1. The van der Waals surface area contributed by atoms with Gasteiger partial charge < -0.3 is 35.8 Å². The van der Waals surface area contributed by atoms with Crippen LogP contribution in [0, 0.1) is 11.3 Å². The van der Waals surface area contributed by atoms with Gasteiger partial charge in [0.1, 0.15) is 22.8 Å². The number of nitrogens with two attached hydrogens (primary N) is 1. The van der Waals surface area contributed by atoms with E-state index in [9.17, 15) is 34.8 Å². The highest BCUT2D eigenvalue weighted by Gasteiger charge is 2.67. The lowest BCUT2D eigenvalue weighted by atomic mass is 9.51. The van der Waals surface area contributed by atoms with Gasteiger partial charge in [-0.1, -0.05) is 0 Å². The molecule has 1 aromatic carbocycles. The van der Waals surface area contributed by atoms with Gasteiger partial charge in [-0.05, 0) is 44.6 Å². The molecule has 0 bridgehead atoms. The molecule has 11 heteroatoms. The van der Waals surface area contributed by atoms with E-state index in [0.29, 0.717) is 11.3 Å². The molecule has 0 unspecified atom stereocenters. The van der Waals surface area contributed by atoms with E-state index in [1.165, 1.54) is 18.1 Å². The van der Waals surface area contributed by atoms with Crippen LogP contribution in [0.4, 0.5) is 5.69 Å². The smallest absolute Gasteiger partial charge is 0.255 e. The van der Waals surface area contributed by atoms with Gasteiger partial charge in [0, 0.05) is 38.2 Å². The first-order valence-corrected chi connectivity index (χ1v) is 11.4. The number of rotatable bonds is 5. The number of nitrogens with zero attached hydrogens (tertiary/aromatic N) is 2. The number of ketones is 2. The summed E-state index contributed by atoms with van der Waals surface area (Å²) in [6.45, 7) is -0.0613. The van der Waals surface area contributed by atoms with Crippen LogP contribution in [0.5, 0.6) is 5.75 Å². The quantitative estimate of drug-likeness (QED) is 0.347. The Hall–Kier alpha value is -3.41. The predicted octanol–water partition coefficient (Wildman–Crippen LogP) is 0.0466. The van der Waals surface area contributed by atoms with Gasteiger partial charge >= 0.3 is 0 Å². The third-order valence-corrected chi connectivity index (χ3v) is 7.70. The Labute approximate surface area is 208 Å². The molecule has 0 aromatic heterocycles. The van der Waals surface area contributed by atoms with Crippen molar-refractivity contribution < 1.29 is 39.5 Å². The number of carbonyl (C=O) groups is 3. The molecule has 1 saturated carbocycles. The number of methoxy groups -OCH3 is 1. The average molecular weight is 502 g/mol. The first-order chi connectivity index (χ1) is 16.7. The first-order valence-electron chi connectivity index (χ1n) is 11.4. The summed E-state index contributed by atoms with van der Waals surface area (Å²) in [6.07, 6.45) is 0.0758. The molecule has 0 radical (unpaired) electrons. The number of aliphatic hydroxyl groups excluding tert-OH is 2. The Kier molecular flexibility index (Phi) is 5.94. The number of carbonyl (C=O) groups excluding carboxylic acids is 3. The molecule has 0 heterocycles. The summed E-state index contributed by atoms with van der Waals surface area (Å²) in [5.74, 6) is -6.31. The first kappa shape index (κ1) is 25.7. The lowest BCUT2D eigenvalue weighted by molar-refractivity contribution is -0.159. The zero-order chi connectivity index (χ0) is 26.9. The largest absolute Gasteiger partial charge is 0.508 e. The van der Waals surface area contributed by atoms with E-state index in [1.807, 2.05) is 0 Å². The molecule has 0 spiro atoms. The van der Waals surface area contributed by atoms with Gasteiger partial charge in [0.2, 0.25) is 5.78 Å². The van der Waals surface area contributed by atoms with Crippen molar-refractivity contribution in [3.63, 3.8) is 0 Å². The Bertz CT molecular complexity index is 1250. The summed E-state index contributed by atoms with van der Waals surface area (Å²) in [7, 11) is 8.13. The fourth-order valence-corrected chi connectivity index (χ4v) is 6.29. The molecule has 11 nitrogen and oxygen atoms in total. The molecular weight excluding hydrogens is 470 g/mol. The van der Waals surface area contributed by atoms with Crippen LogP contribution in [-0.2, 0) is 25.5 Å². The van der Waals surface area contributed by atoms with Crippen LogP contribution in [-0.4, -0.2) is 96.3 Å². The van der Waals surface area contributed by atoms with E-state index in [4.69, 9.17) is 10.5 Å². The molecule has 4 rings (SSSR count). The van der Waals surface area contributed by atoms with Crippen LogP contribution < -0.4 is 10.6 Å². The SMILES string of the molecule is COC[C@@]12Cc3c(N(C)C)ccc(O)c3C(O)=C1C(=O)[C@]1(O)C(O)=C(C(N)=O)C(=O)[C@@H](N(C)C)[C@@H]1C2. The van der Waals surface area contributed by atoms with Crippen LogP contribution in [0.2, 0.25) is 0 Å². The van der Waals surface area contributed by atoms with E-state index >= 15 is 0 Å². The zero-order valence-corrected chi connectivity index (χ0v) is 20.8. The van der Waals surface area contributed by atoms with Crippen molar-refractivity contribution in [3.8, 4) is 5.75 Å². The monoisotopic (exact) mass is 501 g/mol. The van der Waals surface area contributed by atoms with E-state index in [-0.39, 0.29) is 36.3 Å². The molecule has 1 fully saturated rings. The van der Waals surface area contributed by atoms with Crippen LogP contribution in [0.25, 0.3) is 5.76 Å². The average Bonchev–Trinajstić information content (AvgIpc) is 2.76. The van der Waals surface area contributed by atoms with Crippen LogP contribution in [0.15, 0.2) is 29.0 Å². The maximum atomic E-state index is 14.1. The number of ether oxygens (including phenoxy) is 1. The highest BCUT2D eigenvalue weighted by atomic mass is 16.5. The number of anilines is 1. The third kappa shape index (κ3) is 3.19. The maximum absolute atomic E-state index is 14.1. The number of aliphatic hydroxyl groups is 3. The van der Waals surface area contributed by atoms with Crippen LogP contribution in [0.3, 0.4) is 0 Å². The minimum Gasteiger partial charge on any atom is -0.508 e. The van der Waals surface area contributed by atoms with Crippen molar-refractivity contribution in [2.24, 2.45) is 17.1 Å². The standard InChI is InChI=1S/C25H31N3O8/c1-27(2)13-6-7-14(29)15-11(13)8-24(10-36-5)9-12-18(28(3)4)20(31)16(23(26)34)21(32)25(12,35)22(33)17(24)19(15)30/h6-7,12,18,29-30,32,35H,8-10H2,1-5H3,(H2,26,34)/t12-,18-,24-,25+/m0/s1. The minimum atomic E-state index is -2.71. The van der Waals surface area contributed by atoms with Crippen LogP contribution >= 0.6 is 0 Å². The molecule has 0 aliphatic heterocycles. The van der Waals surface area contributed by atoms with Crippen molar-refractivity contribution in [3.05, 3.63) is 40.2 Å². The molecule has 6 N–H and O–H groups in total. The molecule has 194 valence electrons. The molecule has 1 amide bonds. The van der Waals surface area contributed by atoms with Crippen molar-refractivity contribution in [2.75, 3.05) is 46.8 Å². The number of aromatic hydroxyl groups is 1. The summed E-state index contributed by atoms with van der Waals surface area (Å²) < 4.78 is 5.50. The summed E-state index contributed by atoms with van der Waals surface area (Å²) in [5, 5.41) is 44.8. The summed E-state index contributed by atoms with van der Waals surface area (Å²) in [6, 6.07) is 1.91. The lowest BCUT2D eigenvalue weighted by Gasteiger charge is -2.54. The fourth-order valence-electron chi connectivity index (χ4n) is 6.29. The number of hydrogen-bond donors (Lipinski definition) is 5. The molecule has 3 aliphatic carbocycles. The van der Waals surface area contributed by atoms with Crippen molar-refractivity contribution in [1.29, 1.82) is 0 Å². The maximum Gasteiger partial charge on any atom is 0.255 e. The third-order valence-electron chi connectivity index (χ3n) is 7.70. The Morgan fingerprint density at radius 3 is 2.33 bits per heavy atom. The van der Waals surface area contributed by atoms with Gasteiger partial charge in [-0.3, -0.25) is 19.3 Å². The van der Waals surface area contributed by atoms with Gasteiger partial charge in [0.15, 0.2) is 11.4 Å². The summed E-state index contributed by atoms with van der Waals surface area (Å²) in [4.78, 5) is 42.8. The second-order valence-corrected chi connectivity index (χ2v) is 10.2. The number of fused-ring (bicyclic) bond motifs is 3. The molecule has 36 heavy (non-hydrogen) atoms. The van der Waals surface area contributed by atoms with Crippen molar-refractivity contribution in [2.45, 2.75) is 24.5 Å². The number of Topliss-reactive ketones (excluding diaryl/α,β-unsaturated/α-hetero) is 2. The van der Waals surface area contributed by atoms with E-state index < -0.39 is 57.5 Å². The Morgan fingerprint density at radius 1 is 1.17 bits per heavy atom. The van der Waals surface area contributed by atoms with E-state index in [0.717, 1.165) is 0 Å². The molecule has 4 atom stereocenters.